The van der Waals surface area contributed by atoms with E-state index in [0.29, 0.717) is 0 Å². The van der Waals surface area contributed by atoms with Crippen LogP contribution >= 0.6 is 0 Å². The quantitative estimate of drug-likeness (QED) is 0.365. The van der Waals surface area contributed by atoms with Gasteiger partial charge in [0.05, 0.1) is 11.6 Å². The molecule has 0 aromatic heterocycles. The summed E-state index contributed by atoms with van der Waals surface area (Å²) in [5.74, 6) is 0. The van der Waals surface area contributed by atoms with Crippen molar-refractivity contribution in [1.29, 1.82) is 5.26 Å². The first-order chi connectivity index (χ1) is 11.2. The second-order valence-electron chi connectivity index (χ2n) is 6.58. The van der Waals surface area contributed by atoms with E-state index in [9.17, 15) is 5.26 Å². The molecule has 1 rings (SSSR count). The minimum atomic E-state index is 0.842. The molecule has 23 heavy (non-hydrogen) atoms. The van der Waals surface area contributed by atoms with Gasteiger partial charge < -0.3 is 5.32 Å². The van der Waals surface area contributed by atoms with Crippen LogP contribution in [-0.4, -0.2) is 6.54 Å². The summed E-state index contributed by atoms with van der Waals surface area (Å²) in [5, 5.41) is 13.1. The normalized spacial score (nSPS) is 16.5. The highest BCUT2D eigenvalue weighted by Gasteiger charge is 2.13. The third-order valence-corrected chi connectivity index (χ3v) is 4.49. The minimum Gasteiger partial charge on any atom is -0.388 e. The molecule has 1 N–H and O–H groups in total. The predicted molar refractivity (Wildman–Crippen MR) is 100.0 cm³/mol. The van der Waals surface area contributed by atoms with Crippen LogP contribution in [0.25, 0.3) is 0 Å². The Hall–Kier alpha value is -1.49. The summed E-state index contributed by atoms with van der Waals surface area (Å²) in [6.45, 7) is 9.68. The molecule has 0 aromatic carbocycles. The molecule has 0 atom stereocenters. The fourth-order valence-electron chi connectivity index (χ4n) is 3.05. The Morgan fingerprint density at radius 1 is 1.13 bits per heavy atom. The molecule has 0 radical (unpaired) electrons. The van der Waals surface area contributed by atoms with E-state index in [1.54, 1.807) is 0 Å². The van der Waals surface area contributed by atoms with Gasteiger partial charge in [0, 0.05) is 12.2 Å². The largest absolute Gasteiger partial charge is 0.388 e. The Bertz CT molecular complexity index is 463. The van der Waals surface area contributed by atoms with Gasteiger partial charge in [-0.15, -0.1) is 0 Å². The molecule has 1 aliphatic rings. The molecule has 0 bridgehead atoms. The molecule has 0 fully saturated rings. The standard InChI is InChI=1S/C21H34N2/c1-4-6-8-9-12-18(3)21(17-22)19-13-11-14-20(16-19)23-15-10-7-5-2/h16,23H,3-15H2,1-2H3/b21-19-. The van der Waals surface area contributed by atoms with Gasteiger partial charge in [-0.2, -0.15) is 5.26 Å². The van der Waals surface area contributed by atoms with Gasteiger partial charge in [0.15, 0.2) is 0 Å². The third-order valence-electron chi connectivity index (χ3n) is 4.49. The molecule has 0 heterocycles. The lowest BCUT2D eigenvalue weighted by Gasteiger charge is -2.19. The van der Waals surface area contributed by atoms with Crippen LogP contribution in [0.2, 0.25) is 0 Å². The van der Waals surface area contributed by atoms with Crippen LogP contribution in [0.3, 0.4) is 0 Å². The molecular weight excluding hydrogens is 280 g/mol. The Balaban J connectivity index is 2.63. The predicted octanol–water partition coefficient (Wildman–Crippen LogP) is 6.18. The molecule has 2 nitrogen and oxygen atoms in total. The molecular formula is C21H34N2. The lowest BCUT2D eigenvalue weighted by molar-refractivity contribution is 0.631. The monoisotopic (exact) mass is 314 g/mol. The van der Waals surface area contributed by atoms with Gasteiger partial charge in [-0.3, -0.25) is 0 Å². The molecule has 2 heteroatoms. The molecule has 0 amide bonds. The first-order valence-corrected chi connectivity index (χ1v) is 9.48. The lowest BCUT2D eigenvalue weighted by Crippen LogP contribution is -2.17. The van der Waals surface area contributed by atoms with E-state index in [0.717, 1.165) is 49.8 Å². The van der Waals surface area contributed by atoms with Crippen molar-refractivity contribution in [3.63, 3.8) is 0 Å². The summed E-state index contributed by atoms with van der Waals surface area (Å²) >= 11 is 0. The van der Waals surface area contributed by atoms with Crippen molar-refractivity contribution in [2.24, 2.45) is 0 Å². The second-order valence-corrected chi connectivity index (χ2v) is 6.58. The zero-order valence-electron chi connectivity index (χ0n) is 15.2. The summed E-state index contributed by atoms with van der Waals surface area (Å²) < 4.78 is 0. The van der Waals surface area contributed by atoms with E-state index < -0.39 is 0 Å². The number of nitrogens with zero attached hydrogens (tertiary/aromatic N) is 1. The minimum absolute atomic E-state index is 0.842. The number of allylic oxidation sites excluding steroid dienone is 5. The number of unbranched alkanes of at least 4 members (excludes halogenated alkanes) is 5. The summed E-state index contributed by atoms with van der Waals surface area (Å²) in [7, 11) is 0. The van der Waals surface area contributed by atoms with Gasteiger partial charge in [-0.1, -0.05) is 52.5 Å². The first-order valence-electron chi connectivity index (χ1n) is 9.48. The average Bonchev–Trinajstić information content (AvgIpc) is 2.57. The zero-order valence-corrected chi connectivity index (χ0v) is 15.2. The van der Waals surface area contributed by atoms with Gasteiger partial charge in [0.1, 0.15) is 0 Å². The highest BCUT2D eigenvalue weighted by Crippen LogP contribution is 2.28. The highest BCUT2D eigenvalue weighted by molar-refractivity contribution is 5.49. The number of nitrogens with one attached hydrogen (secondary N) is 1. The summed E-state index contributed by atoms with van der Waals surface area (Å²) in [6.07, 6.45) is 15.1. The summed E-state index contributed by atoms with van der Waals surface area (Å²) in [4.78, 5) is 0. The molecule has 0 saturated heterocycles. The van der Waals surface area contributed by atoms with Crippen LogP contribution in [0.15, 0.2) is 35.1 Å². The van der Waals surface area contributed by atoms with E-state index in [2.05, 4.69) is 37.9 Å². The fraction of sp³-hybridized carbons (Fsp3) is 0.667. The van der Waals surface area contributed by atoms with Crippen LogP contribution in [0, 0.1) is 11.3 Å². The van der Waals surface area contributed by atoms with Crippen LogP contribution in [0.5, 0.6) is 0 Å². The third kappa shape index (κ3) is 7.55. The van der Waals surface area contributed by atoms with Crippen molar-refractivity contribution in [3.05, 3.63) is 35.1 Å². The van der Waals surface area contributed by atoms with E-state index in [1.165, 1.54) is 49.8 Å². The molecule has 0 unspecified atom stereocenters. The number of hydrogen-bond donors (Lipinski definition) is 1. The fourth-order valence-corrected chi connectivity index (χ4v) is 3.05. The van der Waals surface area contributed by atoms with E-state index in [-0.39, 0.29) is 0 Å². The van der Waals surface area contributed by atoms with Crippen LogP contribution < -0.4 is 5.32 Å². The Labute approximate surface area is 143 Å². The Morgan fingerprint density at radius 3 is 2.57 bits per heavy atom. The smallest absolute Gasteiger partial charge is 0.0997 e. The van der Waals surface area contributed by atoms with E-state index in [1.807, 2.05) is 0 Å². The highest BCUT2D eigenvalue weighted by atomic mass is 14.9. The first kappa shape index (κ1) is 19.6. The summed E-state index contributed by atoms with van der Waals surface area (Å²) in [6, 6.07) is 2.42. The van der Waals surface area contributed by atoms with Crippen molar-refractivity contribution < 1.29 is 0 Å². The lowest BCUT2D eigenvalue weighted by atomic mass is 9.90. The zero-order chi connectivity index (χ0) is 16.9. The molecule has 0 aromatic rings. The van der Waals surface area contributed by atoms with Crippen molar-refractivity contribution in [1.82, 2.24) is 5.32 Å². The van der Waals surface area contributed by atoms with Gasteiger partial charge in [0.25, 0.3) is 0 Å². The molecule has 1 aliphatic carbocycles. The van der Waals surface area contributed by atoms with Crippen LogP contribution in [-0.2, 0) is 0 Å². The SMILES string of the molecule is C=C(CCCCCC)/C(C#N)=C1\C=C(NCCCCC)CCC1. The van der Waals surface area contributed by atoms with E-state index >= 15 is 0 Å². The topological polar surface area (TPSA) is 35.8 Å². The van der Waals surface area contributed by atoms with Gasteiger partial charge >= 0.3 is 0 Å². The van der Waals surface area contributed by atoms with Crippen molar-refractivity contribution in [2.75, 3.05) is 6.54 Å². The number of rotatable bonds is 11. The van der Waals surface area contributed by atoms with Gasteiger partial charge in [-0.25, -0.2) is 0 Å². The molecule has 0 saturated carbocycles. The maximum Gasteiger partial charge on any atom is 0.0997 e. The maximum absolute atomic E-state index is 9.57. The van der Waals surface area contributed by atoms with Crippen molar-refractivity contribution >= 4 is 0 Å². The van der Waals surface area contributed by atoms with E-state index in [4.69, 9.17) is 0 Å². The maximum atomic E-state index is 9.57. The van der Waals surface area contributed by atoms with Crippen LogP contribution in [0.1, 0.15) is 84.5 Å². The number of hydrogen-bond acceptors (Lipinski definition) is 2. The van der Waals surface area contributed by atoms with Crippen molar-refractivity contribution in [3.8, 4) is 6.07 Å². The van der Waals surface area contributed by atoms with Crippen molar-refractivity contribution in [2.45, 2.75) is 84.5 Å². The average molecular weight is 315 g/mol. The van der Waals surface area contributed by atoms with Gasteiger partial charge in [-0.05, 0) is 55.7 Å². The molecule has 0 spiro atoms. The number of nitriles is 1. The Morgan fingerprint density at radius 2 is 1.87 bits per heavy atom. The Kier molecular flexibility index (Phi) is 10.2. The summed E-state index contributed by atoms with van der Waals surface area (Å²) in [5.41, 5.74) is 4.36. The van der Waals surface area contributed by atoms with Gasteiger partial charge in [0.2, 0.25) is 0 Å². The second kappa shape index (κ2) is 12.0. The molecule has 128 valence electrons. The molecule has 0 aliphatic heterocycles. The van der Waals surface area contributed by atoms with Crippen LogP contribution in [0.4, 0.5) is 0 Å².